The van der Waals surface area contributed by atoms with Gasteiger partial charge in [-0.05, 0) is 44.2 Å². The van der Waals surface area contributed by atoms with E-state index in [0.717, 1.165) is 47.1 Å². The van der Waals surface area contributed by atoms with Gasteiger partial charge in [0.2, 0.25) is 0 Å². The SMILES string of the molecule is Cc1cc(C(O)CCC2CCCO2)sc1Cl. The molecular formula is C12H17ClO2S. The molecule has 2 rings (SSSR count). The molecule has 1 saturated heterocycles. The van der Waals surface area contributed by atoms with Gasteiger partial charge in [0.1, 0.15) is 0 Å². The van der Waals surface area contributed by atoms with Gasteiger partial charge in [0.15, 0.2) is 0 Å². The molecule has 1 aliphatic rings. The number of halogens is 1. The van der Waals surface area contributed by atoms with Crippen LogP contribution in [0.1, 0.15) is 42.2 Å². The van der Waals surface area contributed by atoms with E-state index in [0.29, 0.717) is 6.10 Å². The fourth-order valence-corrected chi connectivity index (χ4v) is 3.24. The van der Waals surface area contributed by atoms with Gasteiger partial charge in [-0.2, -0.15) is 0 Å². The van der Waals surface area contributed by atoms with E-state index >= 15 is 0 Å². The van der Waals surface area contributed by atoms with Gasteiger partial charge in [-0.25, -0.2) is 0 Å². The zero-order chi connectivity index (χ0) is 11.5. The Labute approximate surface area is 105 Å². The van der Waals surface area contributed by atoms with Gasteiger partial charge in [0, 0.05) is 11.5 Å². The fourth-order valence-electron chi connectivity index (χ4n) is 2.01. The molecule has 1 aromatic rings. The number of aliphatic hydroxyl groups is 1. The van der Waals surface area contributed by atoms with Crippen LogP contribution in [0.15, 0.2) is 6.07 Å². The molecular weight excluding hydrogens is 244 g/mol. The Morgan fingerprint density at radius 3 is 3.06 bits per heavy atom. The van der Waals surface area contributed by atoms with Crippen molar-refractivity contribution in [1.29, 1.82) is 0 Å². The van der Waals surface area contributed by atoms with Crippen LogP contribution in [0.25, 0.3) is 0 Å². The highest BCUT2D eigenvalue weighted by molar-refractivity contribution is 7.16. The maximum absolute atomic E-state index is 10.0. The minimum Gasteiger partial charge on any atom is -0.388 e. The van der Waals surface area contributed by atoms with Crippen molar-refractivity contribution in [3.8, 4) is 0 Å². The van der Waals surface area contributed by atoms with E-state index in [4.69, 9.17) is 16.3 Å². The summed E-state index contributed by atoms with van der Waals surface area (Å²) in [6.45, 7) is 2.85. The van der Waals surface area contributed by atoms with Gasteiger partial charge in [-0.15, -0.1) is 11.3 Å². The summed E-state index contributed by atoms with van der Waals surface area (Å²) < 4.78 is 6.32. The molecule has 0 aromatic carbocycles. The van der Waals surface area contributed by atoms with Gasteiger partial charge in [-0.3, -0.25) is 0 Å². The minimum absolute atomic E-state index is 0.353. The molecule has 2 atom stereocenters. The van der Waals surface area contributed by atoms with Crippen LogP contribution in [-0.2, 0) is 4.74 Å². The zero-order valence-corrected chi connectivity index (χ0v) is 11.0. The molecule has 2 unspecified atom stereocenters. The molecule has 1 aliphatic heterocycles. The Morgan fingerprint density at radius 1 is 1.69 bits per heavy atom. The number of ether oxygens (including phenoxy) is 1. The second kappa shape index (κ2) is 5.50. The van der Waals surface area contributed by atoms with Crippen molar-refractivity contribution in [3.63, 3.8) is 0 Å². The molecule has 0 aliphatic carbocycles. The molecule has 1 aromatic heterocycles. The van der Waals surface area contributed by atoms with E-state index < -0.39 is 0 Å². The third kappa shape index (κ3) is 2.98. The molecule has 2 heterocycles. The maximum atomic E-state index is 10.0. The number of aryl methyl sites for hydroxylation is 1. The molecule has 1 N–H and O–H groups in total. The summed E-state index contributed by atoms with van der Waals surface area (Å²) in [7, 11) is 0. The van der Waals surface area contributed by atoms with E-state index in [9.17, 15) is 5.11 Å². The number of thiophene rings is 1. The van der Waals surface area contributed by atoms with Crippen molar-refractivity contribution < 1.29 is 9.84 Å². The molecule has 0 bridgehead atoms. The first-order valence-electron chi connectivity index (χ1n) is 5.72. The summed E-state index contributed by atoms with van der Waals surface area (Å²) in [5, 5.41) is 10.0. The Hall–Kier alpha value is -0.0900. The predicted molar refractivity (Wildman–Crippen MR) is 67.2 cm³/mol. The molecule has 4 heteroatoms. The standard InChI is InChI=1S/C12H17ClO2S/c1-8-7-11(16-12(8)13)10(14)5-4-9-3-2-6-15-9/h7,9-10,14H,2-6H2,1H3. The summed E-state index contributed by atoms with van der Waals surface area (Å²) in [4.78, 5) is 0.973. The average molecular weight is 261 g/mol. The third-order valence-corrected chi connectivity index (χ3v) is 4.65. The number of hydrogen-bond donors (Lipinski definition) is 1. The Kier molecular flexibility index (Phi) is 4.25. The van der Waals surface area contributed by atoms with E-state index in [-0.39, 0.29) is 6.10 Å². The van der Waals surface area contributed by atoms with Gasteiger partial charge in [0.25, 0.3) is 0 Å². The van der Waals surface area contributed by atoms with E-state index in [1.165, 1.54) is 11.3 Å². The molecule has 16 heavy (non-hydrogen) atoms. The lowest BCUT2D eigenvalue weighted by Crippen LogP contribution is -2.07. The highest BCUT2D eigenvalue weighted by Crippen LogP contribution is 2.33. The molecule has 90 valence electrons. The zero-order valence-electron chi connectivity index (χ0n) is 9.41. The minimum atomic E-state index is -0.389. The van der Waals surface area contributed by atoms with Crippen molar-refractivity contribution in [3.05, 3.63) is 20.8 Å². The Balaban J connectivity index is 1.84. The van der Waals surface area contributed by atoms with Crippen LogP contribution in [0.2, 0.25) is 4.34 Å². The van der Waals surface area contributed by atoms with Crippen molar-refractivity contribution >= 4 is 22.9 Å². The van der Waals surface area contributed by atoms with Crippen molar-refractivity contribution in [2.24, 2.45) is 0 Å². The molecule has 1 fully saturated rings. The van der Waals surface area contributed by atoms with Crippen LogP contribution < -0.4 is 0 Å². The first kappa shape index (κ1) is 12.4. The summed E-state index contributed by atoms with van der Waals surface area (Å²) >= 11 is 7.46. The van der Waals surface area contributed by atoms with Crippen molar-refractivity contribution in [1.82, 2.24) is 0 Å². The third-order valence-electron chi connectivity index (χ3n) is 2.99. The first-order chi connectivity index (χ1) is 7.66. The van der Waals surface area contributed by atoms with Gasteiger partial charge in [-0.1, -0.05) is 11.6 Å². The van der Waals surface area contributed by atoms with Gasteiger partial charge in [0.05, 0.1) is 16.5 Å². The van der Waals surface area contributed by atoms with E-state index in [2.05, 4.69) is 0 Å². The normalized spacial score (nSPS) is 22.6. The van der Waals surface area contributed by atoms with Crippen LogP contribution in [0, 0.1) is 6.92 Å². The maximum Gasteiger partial charge on any atom is 0.0961 e. The molecule has 0 radical (unpaired) electrons. The number of rotatable bonds is 4. The summed E-state index contributed by atoms with van der Waals surface area (Å²) in [6.07, 6.45) is 3.96. The van der Waals surface area contributed by atoms with Crippen molar-refractivity contribution in [2.45, 2.75) is 44.8 Å². The van der Waals surface area contributed by atoms with E-state index in [1.807, 2.05) is 13.0 Å². The highest BCUT2D eigenvalue weighted by Gasteiger charge is 2.19. The lowest BCUT2D eigenvalue weighted by atomic mass is 10.1. The molecule has 2 nitrogen and oxygen atoms in total. The Bertz CT molecular complexity index is 325. The monoisotopic (exact) mass is 260 g/mol. The van der Waals surface area contributed by atoms with Crippen LogP contribution in [0.4, 0.5) is 0 Å². The summed E-state index contributed by atoms with van der Waals surface area (Å²) in [6, 6.07) is 1.98. The summed E-state index contributed by atoms with van der Waals surface area (Å²) in [5.74, 6) is 0. The van der Waals surface area contributed by atoms with Crippen LogP contribution in [-0.4, -0.2) is 17.8 Å². The van der Waals surface area contributed by atoms with Crippen molar-refractivity contribution in [2.75, 3.05) is 6.61 Å². The van der Waals surface area contributed by atoms with Crippen LogP contribution in [0.5, 0.6) is 0 Å². The quantitative estimate of drug-likeness (QED) is 0.895. The fraction of sp³-hybridized carbons (Fsp3) is 0.667. The second-order valence-corrected chi connectivity index (χ2v) is 6.02. The average Bonchev–Trinajstić information content (AvgIpc) is 2.86. The highest BCUT2D eigenvalue weighted by atomic mass is 35.5. The predicted octanol–water partition coefficient (Wildman–Crippen LogP) is 3.70. The molecule has 0 amide bonds. The number of hydrogen-bond acceptors (Lipinski definition) is 3. The van der Waals surface area contributed by atoms with Gasteiger partial charge < -0.3 is 9.84 Å². The topological polar surface area (TPSA) is 29.5 Å². The second-order valence-electron chi connectivity index (χ2n) is 4.33. The smallest absolute Gasteiger partial charge is 0.0961 e. The van der Waals surface area contributed by atoms with Crippen LogP contribution >= 0.6 is 22.9 Å². The van der Waals surface area contributed by atoms with Gasteiger partial charge >= 0.3 is 0 Å². The Morgan fingerprint density at radius 2 is 2.50 bits per heavy atom. The first-order valence-corrected chi connectivity index (χ1v) is 6.92. The lowest BCUT2D eigenvalue weighted by Gasteiger charge is -2.12. The van der Waals surface area contributed by atoms with Crippen LogP contribution in [0.3, 0.4) is 0 Å². The van der Waals surface area contributed by atoms with E-state index in [1.54, 1.807) is 0 Å². The summed E-state index contributed by atoms with van der Waals surface area (Å²) in [5.41, 5.74) is 1.05. The lowest BCUT2D eigenvalue weighted by molar-refractivity contribution is 0.0820. The number of aliphatic hydroxyl groups excluding tert-OH is 1. The molecule has 0 saturated carbocycles. The largest absolute Gasteiger partial charge is 0.388 e. The molecule has 0 spiro atoms.